The molecule has 2 aromatic carbocycles. The van der Waals surface area contributed by atoms with Crippen molar-refractivity contribution in [3.8, 4) is 11.1 Å². The van der Waals surface area contributed by atoms with Gasteiger partial charge < -0.3 is 24.5 Å². The van der Waals surface area contributed by atoms with E-state index in [0.717, 1.165) is 22.3 Å². The van der Waals surface area contributed by atoms with Crippen LogP contribution >= 0.6 is 0 Å². The summed E-state index contributed by atoms with van der Waals surface area (Å²) in [6.45, 7) is 2.00. The monoisotopic (exact) mass is 462 g/mol. The minimum Gasteiger partial charge on any atom is -0.481 e. The first-order chi connectivity index (χ1) is 16.3. The summed E-state index contributed by atoms with van der Waals surface area (Å²) < 4.78 is 10.9. The number of carbonyl (C=O) groups excluding carboxylic acids is 2. The molecule has 1 unspecified atom stereocenters. The van der Waals surface area contributed by atoms with Crippen molar-refractivity contribution in [2.45, 2.75) is 31.8 Å². The minimum atomic E-state index is -1.27. The third-order valence-corrected chi connectivity index (χ3v) is 5.88. The quantitative estimate of drug-likeness (QED) is 0.525. The second-order valence-corrected chi connectivity index (χ2v) is 8.33. The van der Waals surface area contributed by atoms with Crippen molar-refractivity contribution in [3.63, 3.8) is 0 Å². The topological polar surface area (TPSA) is 109 Å². The normalized spacial score (nSPS) is 13.0. The highest BCUT2D eigenvalue weighted by atomic mass is 16.5. The van der Waals surface area contributed by atoms with E-state index in [9.17, 15) is 19.5 Å². The average Bonchev–Trinajstić information content (AvgIpc) is 3.37. The van der Waals surface area contributed by atoms with Gasteiger partial charge in [0.15, 0.2) is 0 Å². The summed E-state index contributed by atoms with van der Waals surface area (Å²) in [5.41, 5.74) is 4.31. The standard InChI is InChI=1S/C26H26N2O6/c1-16-11-12-17(34-16)14-28(2)25(31)23(13-24(29)30)27-26(32)33-15-22-20-9-5-3-7-18(20)19-8-4-6-10-21(19)22/h3-12,22-23H,13-15H2,1-2H3,(H,27,32)(H,29,30). The van der Waals surface area contributed by atoms with Gasteiger partial charge in [0.1, 0.15) is 24.2 Å². The molecule has 1 heterocycles. The zero-order chi connectivity index (χ0) is 24.2. The maximum Gasteiger partial charge on any atom is 0.407 e. The number of aryl methyl sites for hydroxylation is 1. The summed E-state index contributed by atoms with van der Waals surface area (Å²) in [6.07, 6.45) is -1.41. The van der Waals surface area contributed by atoms with Crippen LogP contribution in [0.25, 0.3) is 11.1 Å². The van der Waals surface area contributed by atoms with E-state index in [0.29, 0.717) is 11.5 Å². The third kappa shape index (κ3) is 4.96. The molecule has 0 bridgehead atoms. The number of nitrogens with zero attached hydrogens (tertiary/aromatic N) is 1. The van der Waals surface area contributed by atoms with Gasteiger partial charge in [-0.3, -0.25) is 9.59 Å². The molecule has 8 heteroatoms. The third-order valence-electron chi connectivity index (χ3n) is 5.88. The maximum absolute atomic E-state index is 12.9. The molecule has 1 atom stereocenters. The number of hydrogen-bond donors (Lipinski definition) is 2. The lowest BCUT2D eigenvalue weighted by Gasteiger charge is -2.23. The van der Waals surface area contributed by atoms with E-state index < -0.39 is 30.4 Å². The van der Waals surface area contributed by atoms with Crippen molar-refractivity contribution in [1.29, 1.82) is 0 Å². The first-order valence-corrected chi connectivity index (χ1v) is 11.0. The van der Waals surface area contributed by atoms with Gasteiger partial charge in [0.25, 0.3) is 0 Å². The average molecular weight is 463 g/mol. The van der Waals surface area contributed by atoms with Crippen LogP contribution in [-0.4, -0.2) is 47.7 Å². The molecule has 2 amide bonds. The Labute approximate surface area is 197 Å². The molecule has 1 aliphatic rings. The molecule has 0 spiro atoms. The molecule has 1 aromatic heterocycles. The van der Waals surface area contributed by atoms with Gasteiger partial charge in [-0.25, -0.2) is 4.79 Å². The number of carbonyl (C=O) groups is 3. The van der Waals surface area contributed by atoms with Crippen molar-refractivity contribution >= 4 is 18.0 Å². The van der Waals surface area contributed by atoms with E-state index in [4.69, 9.17) is 9.15 Å². The summed E-state index contributed by atoms with van der Waals surface area (Å²) in [7, 11) is 1.52. The molecule has 0 saturated heterocycles. The number of alkyl carbamates (subject to hydrolysis) is 1. The maximum atomic E-state index is 12.9. The number of aliphatic carboxylic acids is 1. The number of furan rings is 1. The molecule has 3 aromatic rings. The minimum absolute atomic E-state index is 0.0648. The van der Waals surface area contributed by atoms with E-state index in [2.05, 4.69) is 5.32 Å². The number of ether oxygens (including phenoxy) is 1. The molecule has 0 saturated carbocycles. The van der Waals surface area contributed by atoms with Crippen LogP contribution in [0.3, 0.4) is 0 Å². The van der Waals surface area contributed by atoms with Crippen molar-refractivity contribution < 1.29 is 28.6 Å². The van der Waals surface area contributed by atoms with Crippen LogP contribution in [0.5, 0.6) is 0 Å². The van der Waals surface area contributed by atoms with E-state index in [-0.39, 0.29) is 19.1 Å². The van der Waals surface area contributed by atoms with Crippen molar-refractivity contribution in [1.82, 2.24) is 10.2 Å². The Bertz CT molecular complexity index is 1170. The lowest BCUT2D eigenvalue weighted by molar-refractivity contribution is -0.142. The molecule has 34 heavy (non-hydrogen) atoms. The number of fused-ring (bicyclic) bond motifs is 3. The fraction of sp³-hybridized carbons (Fsp3) is 0.269. The molecule has 8 nitrogen and oxygen atoms in total. The lowest BCUT2D eigenvalue weighted by Crippen LogP contribution is -2.48. The molecule has 0 radical (unpaired) electrons. The fourth-order valence-electron chi connectivity index (χ4n) is 4.30. The summed E-state index contributed by atoms with van der Waals surface area (Å²) in [4.78, 5) is 38.1. The van der Waals surface area contributed by atoms with Gasteiger partial charge in [-0.05, 0) is 41.3 Å². The number of rotatable bonds is 8. The number of likely N-dealkylation sites (N-methyl/N-ethyl adjacent to an activating group) is 1. The largest absolute Gasteiger partial charge is 0.481 e. The Morgan fingerprint density at radius 2 is 1.65 bits per heavy atom. The van der Waals surface area contributed by atoms with Gasteiger partial charge in [0.05, 0.1) is 13.0 Å². The summed E-state index contributed by atoms with van der Waals surface area (Å²) in [5, 5.41) is 11.7. The summed E-state index contributed by atoms with van der Waals surface area (Å²) in [5.74, 6) is -0.639. The molecule has 4 rings (SSSR count). The zero-order valence-corrected chi connectivity index (χ0v) is 19.0. The SMILES string of the molecule is Cc1ccc(CN(C)C(=O)C(CC(=O)O)NC(=O)OCC2c3ccccc3-c3ccccc32)o1. The Balaban J connectivity index is 1.41. The number of amides is 2. The Morgan fingerprint density at radius 3 is 2.21 bits per heavy atom. The van der Waals surface area contributed by atoms with Crippen LogP contribution < -0.4 is 5.32 Å². The molecule has 2 N–H and O–H groups in total. The second-order valence-electron chi connectivity index (χ2n) is 8.33. The van der Waals surface area contributed by atoms with Crippen molar-refractivity contribution in [2.75, 3.05) is 13.7 Å². The summed E-state index contributed by atoms with van der Waals surface area (Å²) >= 11 is 0. The van der Waals surface area contributed by atoms with Crippen LogP contribution in [0.1, 0.15) is 35.0 Å². The number of carboxylic acid groups (broad SMARTS) is 1. The fourth-order valence-corrected chi connectivity index (χ4v) is 4.30. The second kappa shape index (κ2) is 9.82. The van der Waals surface area contributed by atoms with Gasteiger partial charge in [0.2, 0.25) is 5.91 Å². The van der Waals surface area contributed by atoms with E-state index in [1.807, 2.05) is 48.5 Å². The van der Waals surface area contributed by atoms with E-state index in [1.54, 1.807) is 19.1 Å². The van der Waals surface area contributed by atoms with Crippen LogP contribution in [-0.2, 0) is 20.9 Å². The van der Waals surface area contributed by atoms with Crippen LogP contribution in [0.15, 0.2) is 65.1 Å². The highest BCUT2D eigenvalue weighted by Crippen LogP contribution is 2.44. The Hall–Kier alpha value is -4.07. The number of hydrogen-bond acceptors (Lipinski definition) is 5. The molecular weight excluding hydrogens is 436 g/mol. The molecule has 1 aliphatic carbocycles. The highest BCUT2D eigenvalue weighted by molar-refractivity contribution is 5.89. The molecule has 176 valence electrons. The van der Waals surface area contributed by atoms with E-state index in [1.165, 1.54) is 11.9 Å². The van der Waals surface area contributed by atoms with Gasteiger partial charge in [-0.15, -0.1) is 0 Å². The smallest absolute Gasteiger partial charge is 0.407 e. The molecule has 0 fully saturated rings. The number of carboxylic acids is 1. The first-order valence-electron chi connectivity index (χ1n) is 11.0. The first kappa shape index (κ1) is 23.1. The van der Waals surface area contributed by atoms with Crippen LogP contribution in [0, 0.1) is 6.92 Å². The van der Waals surface area contributed by atoms with Crippen molar-refractivity contribution in [2.24, 2.45) is 0 Å². The highest BCUT2D eigenvalue weighted by Gasteiger charge is 2.31. The predicted octanol–water partition coefficient (Wildman–Crippen LogP) is 3.93. The summed E-state index contributed by atoms with van der Waals surface area (Å²) in [6, 6.07) is 18.1. The number of benzene rings is 2. The van der Waals surface area contributed by atoms with Crippen LogP contribution in [0.4, 0.5) is 4.79 Å². The van der Waals surface area contributed by atoms with E-state index >= 15 is 0 Å². The number of nitrogens with one attached hydrogen (secondary N) is 1. The van der Waals surface area contributed by atoms with Gasteiger partial charge >= 0.3 is 12.1 Å². The Kier molecular flexibility index (Phi) is 6.67. The molecular formula is C26H26N2O6. The van der Waals surface area contributed by atoms with Gasteiger partial charge in [0, 0.05) is 13.0 Å². The van der Waals surface area contributed by atoms with Gasteiger partial charge in [-0.2, -0.15) is 0 Å². The zero-order valence-electron chi connectivity index (χ0n) is 19.0. The van der Waals surface area contributed by atoms with Gasteiger partial charge in [-0.1, -0.05) is 48.5 Å². The predicted molar refractivity (Wildman–Crippen MR) is 124 cm³/mol. The lowest BCUT2D eigenvalue weighted by atomic mass is 9.98. The Morgan fingerprint density at radius 1 is 1.03 bits per heavy atom. The molecule has 0 aliphatic heterocycles. The van der Waals surface area contributed by atoms with Crippen LogP contribution in [0.2, 0.25) is 0 Å². The van der Waals surface area contributed by atoms with Crippen molar-refractivity contribution in [3.05, 3.63) is 83.3 Å².